The lowest BCUT2D eigenvalue weighted by atomic mass is 10.1. The molecule has 1 aromatic rings. The Labute approximate surface area is 83.0 Å². The monoisotopic (exact) mass is 194 g/mol. The lowest BCUT2D eigenvalue weighted by Gasteiger charge is -2.02. The van der Waals surface area contributed by atoms with Crippen molar-refractivity contribution < 1.29 is 9.90 Å². The lowest BCUT2D eigenvalue weighted by molar-refractivity contribution is 0.0696. The third-order valence-corrected chi connectivity index (χ3v) is 1.90. The highest BCUT2D eigenvalue weighted by atomic mass is 16.4. The van der Waals surface area contributed by atoms with Crippen LogP contribution in [0, 0.1) is 5.92 Å². The Bertz CT molecular complexity index is 306. The molecule has 0 atom stereocenters. The topological polar surface area (TPSA) is 63.1 Å². The Hall–Kier alpha value is -1.45. The molecule has 1 heterocycles. The molecule has 0 amide bonds. The highest BCUT2D eigenvalue weighted by molar-refractivity contribution is 5.86. The van der Waals surface area contributed by atoms with Gasteiger partial charge in [0.25, 0.3) is 0 Å². The van der Waals surface area contributed by atoms with Crippen LogP contribution >= 0.6 is 0 Å². The van der Waals surface area contributed by atoms with Gasteiger partial charge in [0.2, 0.25) is 0 Å². The largest absolute Gasteiger partial charge is 0.478 e. The van der Waals surface area contributed by atoms with Crippen molar-refractivity contribution in [1.29, 1.82) is 0 Å². The zero-order valence-electron chi connectivity index (χ0n) is 8.40. The second-order valence-corrected chi connectivity index (χ2v) is 3.63. The van der Waals surface area contributed by atoms with Crippen LogP contribution in [-0.2, 0) is 6.42 Å². The van der Waals surface area contributed by atoms with Gasteiger partial charge in [-0.1, -0.05) is 13.8 Å². The van der Waals surface area contributed by atoms with Crippen LogP contribution in [0.4, 0.5) is 0 Å². The molecule has 0 unspecified atom stereocenters. The molecule has 1 rings (SSSR count). The SMILES string of the molecule is CC(C)CCc1ncc(C(=O)O)cn1. The van der Waals surface area contributed by atoms with Crippen molar-refractivity contribution in [1.82, 2.24) is 9.97 Å². The first-order valence-electron chi connectivity index (χ1n) is 4.64. The minimum atomic E-state index is -0.986. The Balaban J connectivity index is 2.60. The van der Waals surface area contributed by atoms with Crippen molar-refractivity contribution in [2.24, 2.45) is 5.92 Å². The molecular weight excluding hydrogens is 180 g/mol. The van der Waals surface area contributed by atoms with E-state index in [4.69, 9.17) is 5.11 Å². The number of aromatic carboxylic acids is 1. The molecule has 4 heteroatoms. The number of aryl methyl sites for hydroxylation is 1. The summed E-state index contributed by atoms with van der Waals surface area (Å²) >= 11 is 0. The van der Waals surface area contributed by atoms with Crippen LogP contribution < -0.4 is 0 Å². The minimum absolute atomic E-state index is 0.137. The van der Waals surface area contributed by atoms with Crippen molar-refractivity contribution in [2.75, 3.05) is 0 Å². The standard InChI is InChI=1S/C10H14N2O2/c1-7(2)3-4-9-11-5-8(6-12-9)10(13)14/h5-7H,3-4H2,1-2H3,(H,13,14). The van der Waals surface area contributed by atoms with E-state index in [-0.39, 0.29) is 5.56 Å². The third-order valence-electron chi connectivity index (χ3n) is 1.90. The molecule has 0 fully saturated rings. The fraction of sp³-hybridized carbons (Fsp3) is 0.500. The minimum Gasteiger partial charge on any atom is -0.478 e. The van der Waals surface area contributed by atoms with Crippen LogP contribution in [0.1, 0.15) is 36.5 Å². The molecule has 0 saturated carbocycles. The molecule has 1 aromatic heterocycles. The van der Waals surface area contributed by atoms with Gasteiger partial charge in [0.1, 0.15) is 5.82 Å². The Kier molecular flexibility index (Phi) is 3.56. The average molecular weight is 194 g/mol. The van der Waals surface area contributed by atoms with E-state index in [1.807, 2.05) is 0 Å². The van der Waals surface area contributed by atoms with Crippen LogP contribution in [-0.4, -0.2) is 21.0 Å². The van der Waals surface area contributed by atoms with Gasteiger partial charge in [0.05, 0.1) is 5.56 Å². The normalized spacial score (nSPS) is 10.5. The van der Waals surface area contributed by atoms with Crippen molar-refractivity contribution in [3.63, 3.8) is 0 Å². The van der Waals surface area contributed by atoms with Crippen LogP contribution in [0.2, 0.25) is 0 Å². The van der Waals surface area contributed by atoms with Crippen molar-refractivity contribution >= 4 is 5.97 Å². The molecule has 0 aromatic carbocycles. The number of carboxylic acid groups (broad SMARTS) is 1. The third kappa shape index (κ3) is 3.12. The van der Waals surface area contributed by atoms with E-state index in [2.05, 4.69) is 23.8 Å². The van der Waals surface area contributed by atoms with Gasteiger partial charge < -0.3 is 5.11 Å². The summed E-state index contributed by atoms with van der Waals surface area (Å²) in [6.45, 7) is 4.26. The maximum atomic E-state index is 10.5. The van der Waals surface area contributed by atoms with Gasteiger partial charge in [-0.15, -0.1) is 0 Å². The molecule has 0 spiro atoms. The van der Waals surface area contributed by atoms with Gasteiger partial charge in [-0.2, -0.15) is 0 Å². The van der Waals surface area contributed by atoms with E-state index in [9.17, 15) is 4.79 Å². The summed E-state index contributed by atoms with van der Waals surface area (Å²) in [6, 6.07) is 0. The smallest absolute Gasteiger partial charge is 0.338 e. The summed E-state index contributed by atoms with van der Waals surface area (Å²) in [5.41, 5.74) is 0.137. The first kappa shape index (κ1) is 10.6. The highest BCUT2D eigenvalue weighted by Crippen LogP contribution is 2.05. The molecule has 4 nitrogen and oxygen atoms in total. The zero-order valence-corrected chi connectivity index (χ0v) is 8.40. The maximum absolute atomic E-state index is 10.5. The highest BCUT2D eigenvalue weighted by Gasteiger charge is 2.04. The first-order chi connectivity index (χ1) is 6.59. The van der Waals surface area contributed by atoms with Gasteiger partial charge in [-0.05, 0) is 12.3 Å². The fourth-order valence-electron chi connectivity index (χ4n) is 1.01. The number of carbonyl (C=O) groups is 1. The lowest BCUT2D eigenvalue weighted by Crippen LogP contribution is -2.02. The summed E-state index contributed by atoms with van der Waals surface area (Å²) in [7, 11) is 0. The summed E-state index contributed by atoms with van der Waals surface area (Å²) in [6.07, 6.45) is 4.53. The quantitative estimate of drug-likeness (QED) is 0.793. The van der Waals surface area contributed by atoms with Crippen molar-refractivity contribution in [3.8, 4) is 0 Å². The van der Waals surface area contributed by atoms with Gasteiger partial charge in [-0.25, -0.2) is 14.8 Å². The Morgan fingerprint density at radius 1 is 1.43 bits per heavy atom. The molecule has 14 heavy (non-hydrogen) atoms. The van der Waals surface area contributed by atoms with E-state index in [0.29, 0.717) is 11.7 Å². The summed E-state index contributed by atoms with van der Waals surface area (Å²) < 4.78 is 0. The molecule has 0 aliphatic heterocycles. The first-order valence-corrected chi connectivity index (χ1v) is 4.64. The van der Waals surface area contributed by atoms with E-state index in [0.717, 1.165) is 12.8 Å². The van der Waals surface area contributed by atoms with Crippen LogP contribution in [0.25, 0.3) is 0 Å². The number of carboxylic acids is 1. The summed E-state index contributed by atoms with van der Waals surface area (Å²) in [5, 5.41) is 8.61. The number of aromatic nitrogens is 2. The molecule has 76 valence electrons. The van der Waals surface area contributed by atoms with E-state index < -0.39 is 5.97 Å². The number of nitrogens with zero attached hydrogens (tertiary/aromatic N) is 2. The summed E-state index contributed by atoms with van der Waals surface area (Å²) in [4.78, 5) is 18.5. The van der Waals surface area contributed by atoms with Crippen LogP contribution in [0.3, 0.4) is 0 Å². The maximum Gasteiger partial charge on any atom is 0.338 e. The number of hydrogen-bond acceptors (Lipinski definition) is 3. The Morgan fingerprint density at radius 2 is 2.00 bits per heavy atom. The molecule has 0 saturated heterocycles. The van der Waals surface area contributed by atoms with Gasteiger partial charge in [0.15, 0.2) is 0 Å². The molecule has 0 bridgehead atoms. The zero-order chi connectivity index (χ0) is 10.6. The van der Waals surface area contributed by atoms with Gasteiger partial charge in [-0.3, -0.25) is 0 Å². The van der Waals surface area contributed by atoms with E-state index in [1.54, 1.807) is 0 Å². The average Bonchev–Trinajstić information content (AvgIpc) is 2.15. The second-order valence-electron chi connectivity index (χ2n) is 3.63. The second kappa shape index (κ2) is 4.69. The van der Waals surface area contributed by atoms with Gasteiger partial charge in [0, 0.05) is 18.8 Å². The number of hydrogen-bond donors (Lipinski definition) is 1. The molecule has 1 N–H and O–H groups in total. The Morgan fingerprint density at radius 3 is 2.43 bits per heavy atom. The predicted molar refractivity (Wildman–Crippen MR) is 52.2 cm³/mol. The molecule has 0 aliphatic carbocycles. The number of rotatable bonds is 4. The van der Waals surface area contributed by atoms with Gasteiger partial charge >= 0.3 is 5.97 Å². The fourth-order valence-corrected chi connectivity index (χ4v) is 1.01. The molecule has 0 aliphatic rings. The summed E-state index contributed by atoms with van der Waals surface area (Å²) in [5.74, 6) is 0.335. The van der Waals surface area contributed by atoms with Crippen LogP contribution in [0.5, 0.6) is 0 Å². The van der Waals surface area contributed by atoms with E-state index >= 15 is 0 Å². The van der Waals surface area contributed by atoms with E-state index in [1.165, 1.54) is 12.4 Å². The predicted octanol–water partition coefficient (Wildman–Crippen LogP) is 1.76. The molecule has 0 radical (unpaired) electrons. The molecular formula is C10H14N2O2. The van der Waals surface area contributed by atoms with Crippen molar-refractivity contribution in [2.45, 2.75) is 26.7 Å². The van der Waals surface area contributed by atoms with Crippen LogP contribution in [0.15, 0.2) is 12.4 Å². The van der Waals surface area contributed by atoms with Crippen molar-refractivity contribution in [3.05, 3.63) is 23.8 Å².